The molecule has 5 aliphatic rings. The van der Waals surface area contributed by atoms with E-state index in [9.17, 15) is 4.79 Å². The van der Waals surface area contributed by atoms with E-state index in [1.807, 2.05) is 14.1 Å². The maximum Gasteiger partial charge on any atom is 0.153 e. The largest absolute Gasteiger partial charge is 0.300 e. The molecule has 5 rings (SSSR count). The Kier molecular flexibility index (Phi) is 1.13. The van der Waals surface area contributed by atoms with Gasteiger partial charge in [0.2, 0.25) is 0 Å². The fourth-order valence-electron chi connectivity index (χ4n) is 3.97. The Balaban J connectivity index is 1.96. The van der Waals surface area contributed by atoms with Gasteiger partial charge in [0.05, 0.1) is 6.04 Å². The van der Waals surface area contributed by atoms with Gasteiger partial charge in [-0.3, -0.25) is 9.69 Å². The first-order chi connectivity index (χ1) is 5.72. The first-order valence-corrected chi connectivity index (χ1v) is 4.92. The van der Waals surface area contributed by atoms with Crippen molar-refractivity contribution in [2.45, 2.75) is 18.9 Å². The summed E-state index contributed by atoms with van der Waals surface area (Å²) >= 11 is 0. The summed E-state index contributed by atoms with van der Waals surface area (Å²) in [6.45, 7) is 0. The maximum atomic E-state index is 11.8. The van der Waals surface area contributed by atoms with E-state index < -0.39 is 0 Å². The van der Waals surface area contributed by atoms with E-state index in [1.54, 1.807) is 0 Å². The number of rotatable bonds is 1. The first kappa shape index (κ1) is 7.07. The lowest BCUT2D eigenvalue weighted by molar-refractivity contribution is -0.123. The van der Waals surface area contributed by atoms with Crippen LogP contribution >= 0.6 is 0 Å². The predicted octanol–water partition coefficient (Wildman–Crippen LogP) is 0.771. The molecular formula is C10H15NO. The van der Waals surface area contributed by atoms with Crippen molar-refractivity contribution in [3.8, 4) is 0 Å². The summed E-state index contributed by atoms with van der Waals surface area (Å²) in [5.41, 5.74) is 0. The molecule has 0 amide bonds. The Hall–Kier alpha value is -0.370. The van der Waals surface area contributed by atoms with E-state index in [-0.39, 0.29) is 6.04 Å². The molecule has 0 aliphatic heterocycles. The van der Waals surface area contributed by atoms with E-state index in [2.05, 4.69) is 4.90 Å². The van der Waals surface area contributed by atoms with Crippen molar-refractivity contribution in [3.63, 3.8) is 0 Å². The molecule has 0 aromatic rings. The van der Waals surface area contributed by atoms with Gasteiger partial charge in [0.25, 0.3) is 0 Å². The van der Waals surface area contributed by atoms with Crippen molar-refractivity contribution in [3.05, 3.63) is 0 Å². The number of Topliss-reactive ketones (excluding diaryl/α,β-unsaturated/α-hetero) is 1. The minimum atomic E-state index is 0.285. The van der Waals surface area contributed by atoms with Crippen molar-refractivity contribution in [1.82, 2.24) is 4.90 Å². The Morgan fingerprint density at radius 1 is 1.25 bits per heavy atom. The fraction of sp³-hybridized carbons (Fsp3) is 0.900. The molecule has 2 heteroatoms. The third kappa shape index (κ3) is 0.535. The number of nitrogens with zero attached hydrogens (tertiary/aromatic N) is 1. The highest BCUT2D eigenvalue weighted by atomic mass is 16.1. The molecule has 2 nitrogen and oxygen atoms in total. The molecule has 0 aromatic heterocycles. The van der Waals surface area contributed by atoms with E-state index in [0.717, 1.165) is 17.8 Å². The van der Waals surface area contributed by atoms with Gasteiger partial charge in [0.1, 0.15) is 0 Å². The summed E-state index contributed by atoms with van der Waals surface area (Å²) < 4.78 is 0. The van der Waals surface area contributed by atoms with Crippen LogP contribution in [0.15, 0.2) is 0 Å². The van der Waals surface area contributed by atoms with Gasteiger partial charge in [-0.05, 0) is 44.7 Å². The van der Waals surface area contributed by atoms with Crippen molar-refractivity contribution < 1.29 is 4.79 Å². The third-order valence-electron chi connectivity index (χ3n) is 4.29. The molecule has 3 unspecified atom stereocenters. The number of hydrogen-bond acceptors (Lipinski definition) is 2. The highest BCUT2D eigenvalue weighted by Crippen LogP contribution is 2.66. The van der Waals surface area contributed by atoms with Crippen LogP contribution in [0.4, 0.5) is 0 Å². The number of carbonyl (C=O) groups is 1. The van der Waals surface area contributed by atoms with E-state index in [1.165, 1.54) is 12.8 Å². The minimum absolute atomic E-state index is 0.285. The second kappa shape index (κ2) is 1.92. The lowest BCUT2D eigenvalue weighted by Gasteiger charge is -2.35. The van der Waals surface area contributed by atoms with Gasteiger partial charge in [0, 0.05) is 5.92 Å². The highest BCUT2D eigenvalue weighted by molar-refractivity contribution is 5.93. The Morgan fingerprint density at radius 3 is 2.17 bits per heavy atom. The normalized spacial score (nSPS) is 54.9. The fourth-order valence-corrected chi connectivity index (χ4v) is 3.97. The van der Waals surface area contributed by atoms with Crippen LogP contribution in [-0.2, 0) is 4.79 Å². The predicted molar refractivity (Wildman–Crippen MR) is 45.7 cm³/mol. The number of carbonyl (C=O) groups excluding carboxylic acids is 1. The van der Waals surface area contributed by atoms with Gasteiger partial charge >= 0.3 is 0 Å². The maximum absolute atomic E-state index is 11.8. The molecule has 66 valence electrons. The average Bonchev–Trinajstić information content (AvgIpc) is 2.57. The monoisotopic (exact) mass is 165 g/mol. The van der Waals surface area contributed by atoms with Crippen molar-refractivity contribution in [1.29, 1.82) is 0 Å². The van der Waals surface area contributed by atoms with Gasteiger partial charge in [-0.1, -0.05) is 0 Å². The smallest absolute Gasteiger partial charge is 0.153 e. The molecule has 0 radical (unpaired) electrons. The first-order valence-electron chi connectivity index (χ1n) is 4.92. The van der Waals surface area contributed by atoms with Crippen LogP contribution in [0.5, 0.6) is 0 Å². The van der Waals surface area contributed by atoms with Crippen LogP contribution in [0.2, 0.25) is 0 Å². The van der Waals surface area contributed by atoms with Crippen LogP contribution in [-0.4, -0.2) is 30.8 Å². The molecule has 0 saturated heterocycles. The lowest BCUT2D eigenvalue weighted by atomic mass is 9.70. The molecule has 0 N–H and O–H groups in total. The molecule has 3 atom stereocenters. The van der Waals surface area contributed by atoms with Gasteiger partial charge in [-0.15, -0.1) is 0 Å². The molecule has 12 heavy (non-hydrogen) atoms. The van der Waals surface area contributed by atoms with Gasteiger partial charge in [-0.25, -0.2) is 0 Å². The molecule has 5 saturated carbocycles. The molecule has 0 spiro atoms. The standard InChI is InChI=1S/C10H15NO/c1-11(2)9-7-5-3-4-6(7)8(5)10(9)12/h5-9H,3-4H2,1-2H3. The molecule has 0 aromatic carbocycles. The highest BCUT2D eigenvalue weighted by Gasteiger charge is 2.69. The Labute approximate surface area is 72.9 Å². The van der Waals surface area contributed by atoms with Crippen molar-refractivity contribution in [2.75, 3.05) is 14.1 Å². The van der Waals surface area contributed by atoms with Crippen LogP contribution in [0.3, 0.4) is 0 Å². The summed E-state index contributed by atoms with van der Waals surface area (Å²) in [6, 6.07) is 0.285. The minimum Gasteiger partial charge on any atom is -0.300 e. The lowest BCUT2D eigenvalue weighted by Crippen LogP contribution is -2.38. The molecule has 5 fully saturated rings. The quantitative estimate of drug-likeness (QED) is 0.572. The van der Waals surface area contributed by atoms with Crippen LogP contribution in [0.25, 0.3) is 0 Å². The summed E-state index contributed by atoms with van der Waals surface area (Å²) in [5.74, 6) is 3.36. The number of ketones is 1. The average molecular weight is 165 g/mol. The topological polar surface area (TPSA) is 20.3 Å². The zero-order chi connectivity index (χ0) is 8.46. The van der Waals surface area contributed by atoms with E-state index in [0.29, 0.717) is 11.7 Å². The SMILES string of the molecule is CN(C)C1C(=O)C2C3CCC2C31. The Bertz CT molecular complexity index is 236. The third-order valence-corrected chi connectivity index (χ3v) is 4.29. The molecular weight excluding hydrogens is 150 g/mol. The zero-order valence-electron chi connectivity index (χ0n) is 7.66. The summed E-state index contributed by atoms with van der Waals surface area (Å²) in [7, 11) is 4.09. The summed E-state index contributed by atoms with van der Waals surface area (Å²) in [5, 5.41) is 0. The Morgan fingerprint density at radius 2 is 1.83 bits per heavy atom. The van der Waals surface area contributed by atoms with E-state index in [4.69, 9.17) is 0 Å². The van der Waals surface area contributed by atoms with Crippen LogP contribution in [0.1, 0.15) is 12.8 Å². The molecule has 5 aliphatic carbocycles. The second-order valence-electron chi connectivity index (χ2n) is 4.82. The summed E-state index contributed by atoms with van der Waals surface area (Å²) in [6.07, 6.45) is 2.66. The van der Waals surface area contributed by atoms with Crippen LogP contribution in [0, 0.1) is 23.7 Å². The second-order valence-corrected chi connectivity index (χ2v) is 4.82. The summed E-state index contributed by atoms with van der Waals surface area (Å²) in [4.78, 5) is 13.9. The van der Waals surface area contributed by atoms with Crippen LogP contribution < -0.4 is 0 Å². The van der Waals surface area contributed by atoms with E-state index >= 15 is 0 Å². The van der Waals surface area contributed by atoms with Gasteiger partial charge in [0.15, 0.2) is 5.78 Å². The van der Waals surface area contributed by atoms with Gasteiger partial charge < -0.3 is 0 Å². The van der Waals surface area contributed by atoms with Gasteiger partial charge in [-0.2, -0.15) is 0 Å². The number of likely N-dealkylation sites (N-methyl/N-ethyl adjacent to an activating group) is 1. The number of fused-ring (bicyclic) bond motifs is 2. The zero-order valence-corrected chi connectivity index (χ0v) is 7.66. The van der Waals surface area contributed by atoms with Crippen molar-refractivity contribution >= 4 is 5.78 Å². The number of hydrogen-bond donors (Lipinski definition) is 0. The molecule has 4 bridgehead atoms. The van der Waals surface area contributed by atoms with Crippen molar-refractivity contribution in [2.24, 2.45) is 23.7 Å². The molecule has 0 heterocycles.